The Kier molecular flexibility index (Phi) is 5.22. The van der Waals surface area contributed by atoms with Crippen LogP contribution in [0.5, 0.6) is 0 Å². The number of carbonyl (C=O) groups is 1. The summed E-state index contributed by atoms with van der Waals surface area (Å²) in [5.41, 5.74) is 3.14. The van der Waals surface area contributed by atoms with E-state index >= 15 is 0 Å². The largest absolute Gasteiger partial charge is 0.280 e. The van der Waals surface area contributed by atoms with E-state index in [0.29, 0.717) is 17.2 Å². The van der Waals surface area contributed by atoms with Gasteiger partial charge in [0.25, 0.3) is 5.91 Å². The predicted octanol–water partition coefficient (Wildman–Crippen LogP) is 4.97. The molecule has 0 aliphatic heterocycles. The van der Waals surface area contributed by atoms with E-state index in [1.165, 1.54) is 11.3 Å². The molecule has 3 heterocycles. The average Bonchev–Trinajstić information content (AvgIpc) is 3.39. The summed E-state index contributed by atoms with van der Waals surface area (Å²) in [5.74, 6) is -0.162. The number of fused-ring (bicyclic) bond motifs is 1. The number of thiazole rings is 1. The zero-order chi connectivity index (χ0) is 20.4. The summed E-state index contributed by atoms with van der Waals surface area (Å²) in [6.45, 7) is 8.25. The summed E-state index contributed by atoms with van der Waals surface area (Å²) in [7, 11) is 0. The first-order chi connectivity index (χ1) is 14.1. The Hall–Kier alpha value is -3.32. The molecule has 0 bridgehead atoms. The maximum absolute atomic E-state index is 13.2. The van der Waals surface area contributed by atoms with Crippen LogP contribution in [0.3, 0.4) is 0 Å². The van der Waals surface area contributed by atoms with Crippen molar-refractivity contribution in [3.8, 4) is 11.3 Å². The third-order valence-corrected chi connectivity index (χ3v) is 5.38. The molecule has 0 saturated carbocycles. The first kappa shape index (κ1) is 19.0. The van der Waals surface area contributed by atoms with Gasteiger partial charge in [-0.2, -0.15) is 5.10 Å². The van der Waals surface area contributed by atoms with Crippen molar-refractivity contribution in [3.05, 3.63) is 72.4 Å². The molecule has 1 aromatic carbocycles. The van der Waals surface area contributed by atoms with E-state index in [0.717, 1.165) is 22.3 Å². The summed E-state index contributed by atoms with van der Waals surface area (Å²) < 4.78 is 1.85. The second-order valence-electron chi connectivity index (χ2n) is 6.91. The van der Waals surface area contributed by atoms with Crippen LogP contribution in [0.25, 0.3) is 22.3 Å². The molecule has 3 aromatic heterocycles. The van der Waals surface area contributed by atoms with Gasteiger partial charge in [-0.15, -0.1) is 17.9 Å². The molecule has 146 valence electrons. The van der Waals surface area contributed by atoms with Gasteiger partial charge >= 0.3 is 0 Å². The molecule has 0 atom stereocenters. The van der Waals surface area contributed by atoms with Crippen molar-refractivity contribution in [2.24, 2.45) is 0 Å². The van der Waals surface area contributed by atoms with Crippen molar-refractivity contribution in [1.29, 1.82) is 0 Å². The Bertz CT molecular complexity index is 1160. The first-order valence-corrected chi connectivity index (χ1v) is 10.2. The fourth-order valence-corrected chi connectivity index (χ4v) is 3.94. The van der Waals surface area contributed by atoms with Gasteiger partial charge in [-0.05, 0) is 19.9 Å². The van der Waals surface area contributed by atoms with Gasteiger partial charge in [0, 0.05) is 35.1 Å². The van der Waals surface area contributed by atoms with Crippen LogP contribution in [0.2, 0.25) is 0 Å². The van der Waals surface area contributed by atoms with Crippen LogP contribution < -0.4 is 4.90 Å². The lowest BCUT2D eigenvalue weighted by Gasteiger charge is -2.18. The molecule has 0 radical (unpaired) electrons. The van der Waals surface area contributed by atoms with Crippen molar-refractivity contribution < 1.29 is 4.79 Å². The maximum Gasteiger partial charge on any atom is 0.261 e. The summed E-state index contributed by atoms with van der Waals surface area (Å²) in [6, 6.07) is 11.9. The first-order valence-electron chi connectivity index (χ1n) is 9.35. The lowest BCUT2D eigenvalue weighted by molar-refractivity contribution is 0.0989. The fourth-order valence-electron chi connectivity index (χ4n) is 3.10. The average molecular weight is 404 g/mol. The molecule has 0 fully saturated rings. The van der Waals surface area contributed by atoms with Gasteiger partial charge in [-0.3, -0.25) is 9.69 Å². The topological polar surface area (TPSA) is 63.9 Å². The van der Waals surface area contributed by atoms with Crippen molar-refractivity contribution in [2.75, 3.05) is 11.4 Å². The molecular weight excluding hydrogens is 382 g/mol. The van der Waals surface area contributed by atoms with Crippen LogP contribution in [0.1, 0.15) is 30.2 Å². The van der Waals surface area contributed by atoms with Crippen LogP contribution >= 0.6 is 11.3 Å². The third kappa shape index (κ3) is 3.69. The van der Waals surface area contributed by atoms with E-state index in [1.54, 1.807) is 23.4 Å². The van der Waals surface area contributed by atoms with E-state index < -0.39 is 0 Å². The number of hydrogen-bond acceptors (Lipinski definition) is 5. The Morgan fingerprint density at radius 2 is 2.07 bits per heavy atom. The number of nitrogens with zero attached hydrogens (tertiary/aromatic N) is 5. The summed E-state index contributed by atoms with van der Waals surface area (Å²) >= 11 is 1.44. The summed E-state index contributed by atoms with van der Waals surface area (Å²) in [5, 5.41) is 7.81. The Balaban J connectivity index is 1.67. The maximum atomic E-state index is 13.2. The minimum atomic E-state index is -0.162. The van der Waals surface area contributed by atoms with Crippen molar-refractivity contribution in [1.82, 2.24) is 19.7 Å². The third-order valence-electron chi connectivity index (χ3n) is 4.52. The van der Waals surface area contributed by atoms with Gasteiger partial charge < -0.3 is 0 Å². The quantitative estimate of drug-likeness (QED) is 0.427. The van der Waals surface area contributed by atoms with Gasteiger partial charge in [0.2, 0.25) is 0 Å². The molecule has 0 aliphatic carbocycles. The monoisotopic (exact) mass is 403 g/mol. The molecule has 0 spiro atoms. The van der Waals surface area contributed by atoms with Crippen LogP contribution in [0.4, 0.5) is 5.13 Å². The van der Waals surface area contributed by atoms with Gasteiger partial charge in [-0.25, -0.2) is 14.6 Å². The van der Waals surface area contributed by atoms with Crippen molar-refractivity contribution >= 4 is 33.4 Å². The van der Waals surface area contributed by atoms with Crippen LogP contribution in [-0.2, 0) is 0 Å². The van der Waals surface area contributed by atoms with E-state index in [-0.39, 0.29) is 11.9 Å². The van der Waals surface area contributed by atoms with Crippen molar-refractivity contribution in [2.45, 2.75) is 19.9 Å². The molecule has 4 aromatic rings. The van der Waals surface area contributed by atoms with E-state index in [1.807, 2.05) is 60.3 Å². The number of pyridine rings is 1. The van der Waals surface area contributed by atoms with Crippen molar-refractivity contribution in [3.63, 3.8) is 0 Å². The molecule has 0 saturated heterocycles. The van der Waals surface area contributed by atoms with Gasteiger partial charge in [0.1, 0.15) is 0 Å². The minimum absolute atomic E-state index is 0.162. The molecule has 7 heteroatoms. The predicted molar refractivity (Wildman–Crippen MR) is 117 cm³/mol. The standard InChI is InChI=1S/C22H21N5OS/c1-4-10-26(22-25-19(14-29-22)16-8-6-5-7-9-16)21(28)18-11-17-13-24-27(15(2)3)20(17)23-12-18/h4-9,11-15H,1,10H2,2-3H3. The fraction of sp³-hybridized carbons (Fsp3) is 0.182. The molecule has 0 aliphatic rings. The number of hydrogen-bond donors (Lipinski definition) is 0. The second kappa shape index (κ2) is 7.97. The minimum Gasteiger partial charge on any atom is -0.280 e. The molecular formula is C22H21N5OS. The molecule has 6 nitrogen and oxygen atoms in total. The smallest absolute Gasteiger partial charge is 0.261 e. The SMILES string of the molecule is C=CCN(C(=O)c1cnc2c(cnn2C(C)C)c1)c1nc(-c2ccccc2)cs1. The Morgan fingerprint density at radius 1 is 1.28 bits per heavy atom. The zero-order valence-electron chi connectivity index (χ0n) is 16.3. The number of aromatic nitrogens is 4. The highest BCUT2D eigenvalue weighted by molar-refractivity contribution is 7.14. The Labute approximate surface area is 173 Å². The number of carbonyl (C=O) groups excluding carboxylic acids is 1. The summed E-state index contributed by atoms with van der Waals surface area (Å²) in [6.07, 6.45) is 5.05. The lowest BCUT2D eigenvalue weighted by Crippen LogP contribution is -2.31. The number of rotatable bonds is 6. The molecule has 29 heavy (non-hydrogen) atoms. The van der Waals surface area contributed by atoms with E-state index in [2.05, 4.69) is 21.6 Å². The number of anilines is 1. The normalized spacial score (nSPS) is 11.1. The highest BCUT2D eigenvalue weighted by Crippen LogP contribution is 2.28. The van der Waals surface area contributed by atoms with Gasteiger partial charge in [0.15, 0.2) is 10.8 Å². The lowest BCUT2D eigenvalue weighted by atomic mass is 10.2. The highest BCUT2D eigenvalue weighted by Gasteiger charge is 2.21. The van der Waals surface area contributed by atoms with Gasteiger partial charge in [-0.1, -0.05) is 36.4 Å². The van der Waals surface area contributed by atoms with Crippen LogP contribution in [0.15, 0.2) is 66.8 Å². The number of amides is 1. The van der Waals surface area contributed by atoms with E-state index in [4.69, 9.17) is 0 Å². The van der Waals surface area contributed by atoms with Gasteiger partial charge in [0.05, 0.1) is 17.5 Å². The summed E-state index contributed by atoms with van der Waals surface area (Å²) in [4.78, 5) is 24.0. The molecule has 4 rings (SSSR count). The number of benzene rings is 1. The zero-order valence-corrected chi connectivity index (χ0v) is 17.1. The van der Waals surface area contributed by atoms with Crippen LogP contribution in [0, 0.1) is 0 Å². The molecule has 0 N–H and O–H groups in total. The molecule has 1 amide bonds. The highest BCUT2D eigenvalue weighted by atomic mass is 32.1. The molecule has 0 unspecified atom stereocenters. The van der Waals surface area contributed by atoms with E-state index in [9.17, 15) is 4.79 Å². The van der Waals surface area contributed by atoms with Crippen LogP contribution in [-0.4, -0.2) is 32.2 Å². The second-order valence-corrected chi connectivity index (χ2v) is 7.74. The Morgan fingerprint density at radius 3 is 2.79 bits per heavy atom.